The van der Waals surface area contributed by atoms with Gasteiger partial charge in [0.25, 0.3) is 5.91 Å². The zero-order valence-electron chi connectivity index (χ0n) is 16.0. The number of hydrogen-bond acceptors (Lipinski definition) is 2. The molecule has 0 unspecified atom stereocenters. The summed E-state index contributed by atoms with van der Waals surface area (Å²) < 4.78 is 0. The number of amides is 2. The van der Waals surface area contributed by atoms with E-state index in [1.807, 2.05) is 67.6 Å². The van der Waals surface area contributed by atoms with Gasteiger partial charge in [0.1, 0.15) is 5.69 Å². The van der Waals surface area contributed by atoms with E-state index in [0.717, 1.165) is 29.3 Å². The van der Waals surface area contributed by atoms with Gasteiger partial charge in [-0.1, -0.05) is 48.5 Å². The molecule has 28 heavy (non-hydrogen) atoms. The van der Waals surface area contributed by atoms with Crippen molar-refractivity contribution in [1.29, 1.82) is 0 Å². The maximum absolute atomic E-state index is 12.9. The molecule has 1 aliphatic rings. The van der Waals surface area contributed by atoms with Gasteiger partial charge in [-0.25, -0.2) is 0 Å². The van der Waals surface area contributed by atoms with Crippen LogP contribution >= 0.6 is 0 Å². The van der Waals surface area contributed by atoms with Crippen LogP contribution in [0.25, 0.3) is 10.9 Å². The maximum Gasteiger partial charge on any atom is 0.270 e. The average Bonchev–Trinajstić information content (AvgIpc) is 3.18. The summed E-state index contributed by atoms with van der Waals surface area (Å²) in [5, 5.41) is 4.12. The van der Waals surface area contributed by atoms with Crippen molar-refractivity contribution < 1.29 is 9.59 Å². The Hall–Kier alpha value is -3.08. The second kappa shape index (κ2) is 7.89. The Morgan fingerprint density at radius 3 is 2.64 bits per heavy atom. The van der Waals surface area contributed by atoms with Crippen molar-refractivity contribution in [2.24, 2.45) is 5.92 Å². The third kappa shape index (κ3) is 3.79. The number of H-pyrrole nitrogens is 1. The number of benzene rings is 2. The average molecular weight is 375 g/mol. The predicted octanol–water partition coefficient (Wildman–Crippen LogP) is 3.90. The number of piperidine rings is 1. The van der Waals surface area contributed by atoms with Gasteiger partial charge in [0.2, 0.25) is 5.91 Å². The SMILES string of the molecule is C[C@@H](NC(=O)[C@@H]1CCCN(C(=O)c2cc3ccccc3[nH]2)C1)c1ccccc1. The fraction of sp³-hybridized carbons (Fsp3) is 0.304. The minimum absolute atomic E-state index is 0.0190. The van der Waals surface area contributed by atoms with Crippen LogP contribution < -0.4 is 5.32 Å². The van der Waals surface area contributed by atoms with Crippen molar-refractivity contribution in [1.82, 2.24) is 15.2 Å². The molecule has 5 heteroatoms. The van der Waals surface area contributed by atoms with Crippen LogP contribution in [0.4, 0.5) is 0 Å². The van der Waals surface area contributed by atoms with E-state index < -0.39 is 0 Å². The van der Waals surface area contributed by atoms with E-state index in [9.17, 15) is 9.59 Å². The lowest BCUT2D eigenvalue weighted by atomic mass is 9.96. The fourth-order valence-corrected chi connectivity index (χ4v) is 3.89. The fourth-order valence-electron chi connectivity index (χ4n) is 3.89. The lowest BCUT2D eigenvalue weighted by Crippen LogP contribution is -2.46. The van der Waals surface area contributed by atoms with E-state index in [2.05, 4.69) is 10.3 Å². The highest BCUT2D eigenvalue weighted by atomic mass is 16.2. The number of nitrogens with zero attached hydrogens (tertiary/aromatic N) is 1. The molecule has 0 aliphatic carbocycles. The molecule has 0 spiro atoms. The topological polar surface area (TPSA) is 65.2 Å². The smallest absolute Gasteiger partial charge is 0.270 e. The summed E-state index contributed by atoms with van der Waals surface area (Å²) in [4.78, 5) is 30.7. The highest BCUT2D eigenvalue weighted by Crippen LogP contribution is 2.22. The molecule has 2 amide bonds. The normalized spacial score (nSPS) is 18.0. The van der Waals surface area contributed by atoms with E-state index >= 15 is 0 Å². The van der Waals surface area contributed by atoms with Gasteiger partial charge in [-0.15, -0.1) is 0 Å². The number of hydrogen-bond donors (Lipinski definition) is 2. The van der Waals surface area contributed by atoms with Crippen molar-refractivity contribution in [3.05, 3.63) is 71.9 Å². The zero-order valence-corrected chi connectivity index (χ0v) is 16.0. The summed E-state index contributed by atoms with van der Waals surface area (Å²) in [5.74, 6) is -0.191. The van der Waals surface area contributed by atoms with Crippen molar-refractivity contribution in [3.63, 3.8) is 0 Å². The van der Waals surface area contributed by atoms with E-state index in [0.29, 0.717) is 18.8 Å². The van der Waals surface area contributed by atoms with Gasteiger partial charge in [0.15, 0.2) is 0 Å². The lowest BCUT2D eigenvalue weighted by molar-refractivity contribution is -0.127. The van der Waals surface area contributed by atoms with Crippen molar-refractivity contribution in [2.75, 3.05) is 13.1 Å². The molecule has 2 heterocycles. The molecule has 0 saturated carbocycles. The Morgan fingerprint density at radius 1 is 1.11 bits per heavy atom. The van der Waals surface area contributed by atoms with Crippen LogP contribution in [0, 0.1) is 5.92 Å². The van der Waals surface area contributed by atoms with Crippen LogP contribution in [-0.2, 0) is 4.79 Å². The quantitative estimate of drug-likeness (QED) is 0.726. The Balaban J connectivity index is 1.42. The number of rotatable bonds is 4. The molecule has 1 aromatic heterocycles. The van der Waals surface area contributed by atoms with Gasteiger partial charge in [0, 0.05) is 24.0 Å². The van der Waals surface area contributed by atoms with E-state index in [4.69, 9.17) is 0 Å². The summed E-state index contributed by atoms with van der Waals surface area (Å²) in [5.41, 5.74) is 2.62. The van der Waals surface area contributed by atoms with Gasteiger partial charge < -0.3 is 15.2 Å². The number of aromatic amines is 1. The molecule has 3 aromatic rings. The molecule has 2 aromatic carbocycles. The second-order valence-corrected chi connectivity index (χ2v) is 7.50. The van der Waals surface area contributed by atoms with Crippen LogP contribution in [0.5, 0.6) is 0 Å². The summed E-state index contributed by atoms with van der Waals surface area (Å²) in [6.07, 6.45) is 1.65. The first-order valence-electron chi connectivity index (χ1n) is 9.84. The summed E-state index contributed by atoms with van der Waals surface area (Å²) in [6, 6.07) is 19.6. The molecule has 144 valence electrons. The highest BCUT2D eigenvalue weighted by Gasteiger charge is 2.30. The van der Waals surface area contributed by atoms with Crippen LogP contribution in [0.15, 0.2) is 60.7 Å². The van der Waals surface area contributed by atoms with Gasteiger partial charge in [-0.2, -0.15) is 0 Å². The van der Waals surface area contributed by atoms with Crippen LogP contribution in [0.1, 0.15) is 41.9 Å². The van der Waals surface area contributed by atoms with Crippen LogP contribution in [0.3, 0.4) is 0 Å². The first-order valence-corrected chi connectivity index (χ1v) is 9.84. The third-order valence-electron chi connectivity index (χ3n) is 5.50. The van der Waals surface area contributed by atoms with Gasteiger partial charge in [-0.3, -0.25) is 9.59 Å². The molecule has 0 bridgehead atoms. The largest absolute Gasteiger partial charge is 0.351 e. The number of para-hydroxylation sites is 1. The monoisotopic (exact) mass is 375 g/mol. The van der Waals surface area contributed by atoms with Gasteiger partial charge in [0.05, 0.1) is 12.0 Å². The Kier molecular flexibility index (Phi) is 5.15. The van der Waals surface area contributed by atoms with Crippen molar-refractivity contribution in [3.8, 4) is 0 Å². The standard InChI is InChI=1S/C23H25N3O2/c1-16(17-8-3-2-4-9-17)24-22(27)19-11-7-13-26(15-19)23(28)21-14-18-10-5-6-12-20(18)25-21/h2-6,8-10,12,14,16,19,25H,7,11,13,15H2,1H3,(H,24,27)/t16-,19-/m1/s1. The van der Waals surface area contributed by atoms with Crippen LogP contribution in [0.2, 0.25) is 0 Å². The summed E-state index contributed by atoms with van der Waals surface area (Å²) in [7, 11) is 0. The number of nitrogens with one attached hydrogen (secondary N) is 2. The molecule has 2 atom stereocenters. The molecule has 2 N–H and O–H groups in total. The van der Waals surface area contributed by atoms with Gasteiger partial charge in [-0.05, 0) is 37.5 Å². The lowest BCUT2D eigenvalue weighted by Gasteiger charge is -2.32. The molecular formula is C23H25N3O2. The zero-order chi connectivity index (χ0) is 19.5. The van der Waals surface area contributed by atoms with Crippen molar-refractivity contribution >= 4 is 22.7 Å². The minimum Gasteiger partial charge on any atom is -0.351 e. The molecule has 1 aliphatic heterocycles. The van der Waals surface area contributed by atoms with Gasteiger partial charge >= 0.3 is 0 Å². The van der Waals surface area contributed by atoms with Crippen molar-refractivity contribution in [2.45, 2.75) is 25.8 Å². The predicted molar refractivity (Wildman–Crippen MR) is 110 cm³/mol. The second-order valence-electron chi connectivity index (χ2n) is 7.50. The van der Waals surface area contributed by atoms with E-state index in [1.54, 1.807) is 4.90 Å². The van der Waals surface area contributed by atoms with E-state index in [1.165, 1.54) is 0 Å². The molecule has 4 rings (SSSR count). The first-order chi connectivity index (χ1) is 13.6. The first kappa shape index (κ1) is 18.3. The maximum atomic E-state index is 12.9. The Bertz CT molecular complexity index is 947. The highest BCUT2D eigenvalue weighted by molar-refractivity contribution is 5.98. The Morgan fingerprint density at radius 2 is 1.86 bits per heavy atom. The summed E-state index contributed by atoms with van der Waals surface area (Å²) in [6.45, 7) is 3.14. The molecule has 1 fully saturated rings. The minimum atomic E-state index is -0.173. The number of carbonyl (C=O) groups is 2. The third-order valence-corrected chi connectivity index (χ3v) is 5.50. The number of carbonyl (C=O) groups excluding carboxylic acids is 2. The van der Waals surface area contributed by atoms with E-state index in [-0.39, 0.29) is 23.8 Å². The molecular weight excluding hydrogens is 350 g/mol. The number of fused-ring (bicyclic) bond motifs is 1. The van der Waals surface area contributed by atoms with Crippen LogP contribution in [-0.4, -0.2) is 34.8 Å². The molecule has 1 saturated heterocycles. The summed E-state index contributed by atoms with van der Waals surface area (Å²) >= 11 is 0. The molecule has 5 nitrogen and oxygen atoms in total. The number of aromatic nitrogens is 1. The molecule has 0 radical (unpaired) electrons. The number of likely N-dealkylation sites (tertiary alicyclic amines) is 1. The Labute approximate surface area is 164 Å².